The molecule has 0 radical (unpaired) electrons. The van der Waals surface area contributed by atoms with Gasteiger partial charge in [-0.25, -0.2) is 0 Å². The van der Waals surface area contributed by atoms with E-state index < -0.39 is 0 Å². The minimum atomic E-state index is 0.128. The highest BCUT2D eigenvalue weighted by molar-refractivity contribution is 5.86. The second kappa shape index (κ2) is 7.82. The summed E-state index contributed by atoms with van der Waals surface area (Å²) in [4.78, 5) is 21.3. The minimum absolute atomic E-state index is 0.128. The standard InChI is InChI=1S/C22H26N4O/c1-23-22(26-13-11-18-7-3-5-9-20(18)16-26)24-14-21(27)25-12-10-17-6-2-4-8-19(17)15-25/h2-9H,10-16H2,1H3,(H,23,24). The van der Waals surface area contributed by atoms with E-state index in [1.165, 1.54) is 22.3 Å². The monoisotopic (exact) mass is 362 g/mol. The smallest absolute Gasteiger partial charge is 0.242 e. The van der Waals surface area contributed by atoms with Gasteiger partial charge in [0.15, 0.2) is 5.96 Å². The van der Waals surface area contributed by atoms with Crippen LogP contribution in [0.1, 0.15) is 22.3 Å². The largest absolute Gasteiger partial charge is 0.347 e. The maximum Gasteiger partial charge on any atom is 0.242 e. The number of amides is 1. The van der Waals surface area contributed by atoms with E-state index in [1.807, 2.05) is 11.0 Å². The van der Waals surface area contributed by atoms with E-state index in [4.69, 9.17) is 0 Å². The van der Waals surface area contributed by atoms with Crippen molar-refractivity contribution < 1.29 is 4.79 Å². The third-order valence-corrected chi connectivity index (χ3v) is 5.52. The molecule has 1 N–H and O–H groups in total. The molecule has 0 aliphatic carbocycles. The summed E-state index contributed by atoms with van der Waals surface area (Å²) in [6.07, 6.45) is 1.94. The first-order valence-electron chi connectivity index (χ1n) is 9.61. The Hall–Kier alpha value is -2.82. The molecule has 0 atom stereocenters. The van der Waals surface area contributed by atoms with E-state index in [-0.39, 0.29) is 12.5 Å². The molecule has 27 heavy (non-hydrogen) atoms. The number of aliphatic imine (C=N–C) groups is 1. The van der Waals surface area contributed by atoms with Crippen molar-refractivity contribution >= 4 is 11.9 Å². The number of guanidine groups is 1. The lowest BCUT2D eigenvalue weighted by Gasteiger charge is -2.33. The van der Waals surface area contributed by atoms with Crippen LogP contribution in [-0.4, -0.2) is 48.3 Å². The normalized spacial score (nSPS) is 16.6. The zero-order chi connectivity index (χ0) is 18.6. The van der Waals surface area contributed by atoms with Crippen molar-refractivity contribution in [3.63, 3.8) is 0 Å². The second-order valence-corrected chi connectivity index (χ2v) is 7.18. The molecule has 0 bridgehead atoms. The van der Waals surface area contributed by atoms with Crippen molar-refractivity contribution in [2.24, 2.45) is 4.99 Å². The molecule has 1 amide bonds. The number of fused-ring (bicyclic) bond motifs is 2. The summed E-state index contributed by atoms with van der Waals surface area (Å²) in [5, 5.41) is 3.28. The van der Waals surface area contributed by atoms with Gasteiger partial charge in [-0.3, -0.25) is 9.79 Å². The summed E-state index contributed by atoms with van der Waals surface area (Å²) in [7, 11) is 1.78. The van der Waals surface area contributed by atoms with Gasteiger partial charge in [-0.1, -0.05) is 48.5 Å². The van der Waals surface area contributed by atoms with Crippen LogP contribution in [0, 0.1) is 0 Å². The molecule has 2 aromatic rings. The van der Waals surface area contributed by atoms with E-state index in [2.05, 4.69) is 57.7 Å². The third kappa shape index (κ3) is 3.82. The molecule has 0 saturated carbocycles. The van der Waals surface area contributed by atoms with Crippen molar-refractivity contribution in [3.8, 4) is 0 Å². The first kappa shape index (κ1) is 17.6. The molecule has 140 valence electrons. The third-order valence-electron chi connectivity index (χ3n) is 5.52. The van der Waals surface area contributed by atoms with Gasteiger partial charge in [-0.2, -0.15) is 0 Å². The van der Waals surface area contributed by atoms with Crippen LogP contribution >= 0.6 is 0 Å². The van der Waals surface area contributed by atoms with Gasteiger partial charge < -0.3 is 15.1 Å². The molecule has 5 nitrogen and oxygen atoms in total. The first-order valence-corrected chi connectivity index (χ1v) is 9.61. The molecular weight excluding hydrogens is 336 g/mol. The van der Waals surface area contributed by atoms with Crippen LogP contribution < -0.4 is 5.32 Å². The van der Waals surface area contributed by atoms with Gasteiger partial charge in [0.05, 0.1) is 6.54 Å². The molecule has 0 saturated heterocycles. The van der Waals surface area contributed by atoms with Crippen LogP contribution in [0.2, 0.25) is 0 Å². The van der Waals surface area contributed by atoms with E-state index >= 15 is 0 Å². The molecule has 0 fully saturated rings. The molecule has 2 aliphatic rings. The lowest BCUT2D eigenvalue weighted by Crippen LogP contribution is -2.48. The van der Waals surface area contributed by atoms with Gasteiger partial charge in [0.25, 0.3) is 0 Å². The van der Waals surface area contributed by atoms with E-state index in [0.29, 0.717) is 6.54 Å². The fourth-order valence-corrected chi connectivity index (χ4v) is 3.98. The maximum absolute atomic E-state index is 12.7. The van der Waals surface area contributed by atoms with Gasteiger partial charge in [-0.05, 0) is 35.1 Å². The maximum atomic E-state index is 12.7. The SMILES string of the molecule is CN=C(NCC(=O)N1CCc2ccccc2C1)N1CCc2ccccc2C1. The number of nitrogens with one attached hydrogen (secondary N) is 1. The average Bonchev–Trinajstić information content (AvgIpc) is 2.73. The molecule has 0 unspecified atom stereocenters. The summed E-state index contributed by atoms with van der Waals surface area (Å²) in [5.41, 5.74) is 5.37. The van der Waals surface area contributed by atoms with Crippen LogP contribution in [0.3, 0.4) is 0 Å². The molecule has 2 aromatic carbocycles. The Kier molecular flexibility index (Phi) is 5.10. The lowest BCUT2D eigenvalue weighted by molar-refractivity contribution is -0.130. The predicted molar refractivity (Wildman–Crippen MR) is 107 cm³/mol. The number of carbonyl (C=O) groups is 1. The Labute approximate surface area is 160 Å². The van der Waals surface area contributed by atoms with Crippen LogP contribution in [0.5, 0.6) is 0 Å². The molecule has 0 spiro atoms. The van der Waals surface area contributed by atoms with Gasteiger partial charge in [0, 0.05) is 33.2 Å². The van der Waals surface area contributed by atoms with Crippen LogP contribution in [0.15, 0.2) is 53.5 Å². The van der Waals surface area contributed by atoms with Crippen LogP contribution in [0.4, 0.5) is 0 Å². The average molecular weight is 362 g/mol. The van der Waals surface area contributed by atoms with Crippen LogP contribution in [-0.2, 0) is 30.7 Å². The highest BCUT2D eigenvalue weighted by Gasteiger charge is 2.22. The number of benzene rings is 2. The Bertz CT molecular complexity index is 861. The summed E-state index contributed by atoms with van der Waals surface area (Å²) < 4.78 is 0. The number of rotatable bonds is 2. The minimum Gasteiger partial charge on any atom is -0.347 e. The summed E-state index contributed by atoms with van der Waals surface area (Å²) >= 11 is 0. The number of hydrogen-bond acceptors (Lipinski definition) is 2. The second-order valence-electron chi connectivity index (χ2n) is 7.18. The summed E-state index contributed by atoms with van der Waals surface area (Å²) in [5.74, 6) is 0.929. The molecule has 0 aromatic heterocycles. The van der Waals surface area contributed by atoms with Crippen molar-refractivity contribution in [2.45, 2.75) is 25.9 Å². The predicted octanol–water partition coefficient (Wildman–Crippen LogP) is 2.20. The molecule has 2 aliphatic heterocycles. The Balaban J connectivity index is 1.34. The van der Waals surface area contributed by atoms with E-state index in [0.717, 1.165) is 38.4 Å². The zero-order valence-electron chi connectivity index (χ0n) is 15.8. The molecule has 2 heterocycles. The Morgan fingerprint density at radius 3 is 2.00 bits per heavy atom. The summed E-state index contributed by atoms with van der Waals surface area (Å²) in [6, 6.07) is 16.9. The zero-order valence-corrected chi connectivity index (χ0v) is 15.8. The highest BCUT2D eigenvalue weighted by atomic mass is 16.2. The first-order chi connectivity index (χ1) is 13.2. The van der Waals surface area contributed by atoms with Gasteiger partial charge in [0.1, 0.15) is 0 Å². The van der Waals surface area contributed by atoms with E-state index in [9.17, 15) is 4.79 Å². The van der Waals surface area contributed by atoms with Crippen molar-refractivity contribution in [1.29, 1.82) is 0 Å². The van der Waals surface area contributed by atoms with Gasteiger partial charge in [0.2, 0.25) is 5.91 Å². The quantitative estimate of drug-likeness (QED) is 0.658. The molecule has 4 rings (SSSR count). The highest BCUT2D eigenvalue weighted by Crippen LogP contribution is 2.19. The lowest BCUT2D eigenvalue weighted by atomic mass is 10.00. The Morgan fingerprint density at radius 1 is 0.889 bits per heavy atom. The van der Waals surface area contributed by atoms with Crippen molar-refractivity contribution in [1.82, 2.24) is 15.1 Å². The van der Waals surface area contributed by atoms with Gasteiger partial charge >= 0.3 is 0 Å². The number of hydrogen-bond donors (Lipinski definition) is 1. The fourth-order valence-electron chi connectivity index (χ4n) is 3.98. The Morgan fingerprint density at radius 2 is 1.41 bits per heavy atom. The van der Waals surface area contributed by atoms with Crippen molar-refractivity contribution in [2.75, 3.05) is 26.7 Å². The number of carbonyl (C=O) groups excluding carboxylic acids is 1. The number of nitrogens with zero attached hydrogens (tertiary/aromatic N) is 3. The van der Waals surface area contributed by atoms with Crippen molar-refractivity contribution in [3.05, 3.63) is 70.8 Å². The summed E-state index contributed by atoms with van der Waals surface area (Å²) in [6.45, 7) is 3.52. The molecule has 5 heteroatoms. The molecular formula is C22H26N4O. The van der Waals surface area contributed by atoms with Gasteiger partial charge in [-0.15, -0.1) is 0 Å². The topological polar surface area (TPSA) is 47.9 Å². The fraction of sp³-hybridized carbons (Fsp3) is 0.364. The van der Waals surface area contributed by atoms with Crippen LogP contribution in [0.25, 0.3) is 0 Å². The van der Waals surface area contributed by atoms with E-state index in [1.54, 1.807) is 7.05 Å².